The third kappa shape index (κ3) is 4.38. The van der Waals surface area contributed by atoms with Crippen LogP contribution < -0.4 is 10.1 Å². The maximum absolute atomic E-state index is 11.8. The van der Waals surface area contributed by atoms with Gasteiger partial charge in [-0.3, -0.25) is 4.79 Å². The zero-order chi connectivity index (χ0) is 14.5. The van der Waals surface area contributed by atoms with Crippen molar-refractivity contribution in [3.63, 3.8) is 0 Å². The molecule has 0 saturated carbocycles. The van der Waals surface area contributed by atoms with Gasteiger partial charge in [0, 0.05) is 14.3 Å². The quantitative estimate of drug-likeness (QED) is 0.777. The van der Waals surface area contributed by atoms with Gasteiger partial charge in [0.05, 0.1) is 0 Å². The highest BCUT2D eigenvalue weighted by molar-refractivity contribution is 14.1. The van der Waals surface area contributed by atoms with Crippen molar-refractivity contribution < 1.29 is 9.53 Å². The molecule has 0 bridgehead atoms. The number of carbonyl (C=O) groups is 1. The number of aryl methyl sites for hydroxylation is 1. The van der Waals surface area contributed by atoms with E-state index in [1.807, 2.05) is 31.2 Å². The third-order valence-electron chi connectivity index (χ3n) is 2.61. The van der Waals surface area contributed by atoms with Gasteiger partial charge in [-0.25, -0.2) is 0 Å². The molecule has 2 aromatic carbocycles. The van der Waals surface area contributed by atoms with Gasteiger partial charge in [-0.15, -0.1) is 0 Å². The molecule has 2 aromatic rings. The minimum atomic E-state index is -0.195. The van der Waals surface area contributed by atoms with Crippen molar-refractivity contribution in [3.05, 3.63) is 56.6 Å². The largest absolute Gasteiger partial charge is 0.484 e. The number of carbonyl (C=O) groups excluding carboxylic acids is 1. The van der Waals surface area contributed by atoms with Gasteiger partial charge in [0.15, 0.2) is 6.61 Å². The van der Waals surface area contributed by atoms with E-state index in [4.69, 9.17) is 16.3 Å². The molecule has 0 atom stereocenters. The van der Waals surface area contributed by atoms with Gasteiger partial charge in [0.25, 0.3) is 5.91 Å². The van der Waals surface area contributed by atoms with E-state index >= 15 is 0 Å². The number of anilines is 1. The van der Waals surface area contributed by atoms with Crippen molar-refractivity contribution in [1.29, 1.82) is 0 Å². The molecule has 0 heterocycles. The highest BCUT2D eigenvalue weighted by Crippen LogP contribution is 2.21. The number of hydrogen-bond donors (Lipinski definition) is 1. The fraction of sp³-hybridized carbons (Fsp3) is 0.133. The monoisotopic (exact) mass is 401 g/mol. The maximum atomic E-state index is 11.8. The summed E-state index contributed by atoms with van der Waals surface area (Å²) in [5.41, 5.74) is 1.68. The second kappa shape index (κ2) is 6.95. The lowest BCUT2D eigenvalue weighted by atomic mass is 10.2. The lowest BCUT2D eigenvalue weighted by molar-refractivity contribution is -0.118. The predicted octanol–water partition coefficient (Wildman–Crippen LogP) is 4.27. The van der Waals surface area contributed by atoms with Crippen LogP contribution in [0.2, 0.25) is 5.02 Å². The highest BCUT2D eigenvalue weighted by atomic mass is 127. The SMILES string of the molecule is Cc1cc(OCC(=O)Nc2cccc(I)c2)ccc1Cl. The van der Waals surface area contributed by atoms with Crippen LogP contribution in [0.25, 0.3) is 0 Å². The minimum absolute atomic E-state index is 0.0352. The third-order valence-corrected chi connectivity index (χ3v) is 3.70. The molecular weight excluding hydrogens is 389 g/mol. The Kier molecular flexibility index (Phi) is 5.25. The van der Waals surface area contributed by atoms with Crippen LogP contribution in [0.5, 0.6) is 5.75 Å². The van der Waals surface area contributed by atoms with Crippen molar-refractivity contribution >= 4 is 45.8 Å². The molecule has 0 aliphatic rings. The van der Waals surface area contributed by atoms with Gasteiger partial charge in [0.2, 0.25) is 0 Å². The molecule has 0 aliphatic carbocycles. The second-order valence-electron chi connectivity index (χ2n) is 4.26. The first-order valence-corrected chi connectivity index (χ1v) is 7.44. The Labute approximate surface area is 136 Å². The minimum Gasteiger partial charge on any atom is -0.484 e. The Hall–Kier alpha value is -1.27. The standard InChI is InChI=1S/C15H13ClINO2/c1-10-7-13(5-6-14(10)16)20-9-15(19)18-12-4-2-3-11(17)8-12/h2-8H,9H2,1H3,(H,18,19). The van der Waals surface area contributed by atoms with E-state index in [1.54, 1.807) is 18.2 Å². The van der Waals surface area contributed by atoms with Crippen LogP contribution in [0.4, 0.5) is 5.69 Å². The number of nitrogens with one attached hydrogen (secondary N) is 1. The summed E-state index contributed by atoms with van der Waals surface area (Å²) in [6.45, 7) is 1.85. The average Bonchev–Trinajstić information content (AvgIpc) is 2.40. The molecule has 20 heavy (non-hydrogen) atoms. The Morgan fingerprint density at radius 2 is 2.10 bits per heavy atom. The number of ether oxygens (including phenoxy) is 1. The fourth-order valence-electron chi connectivity index (χ4n) is 1.62. The highest BCUT2D eigenvalue weighted by Gasteiger charge is 2.05. The molecule has 1 N–H and O–H groups in total. The van der Waals surface area contributed by atoms with Crippen LogP contribution in [0, 0.1) is 10.5 Å². The van der Waals surface area contributed by atoms with E-state index in [1.165, 1.54) is 0 Å². The van der Waals surface area contributed by atoms with Crippen LogP contribution in [-0.2, 0) is 4.79 Å². The maximum Gasteiger partial charge on any atom is 0.262 e. The topological polar surface area (TPSA) is 38.3 Å². The van der Waals surface area contributed by atoms with Gasteiger partial charge in [-0.2, -0.15) is 0 Å². The smallest absolute Gasteiger partial charge is 0.262 e. The molecule has 0 unspecified atom stereocenters. The zero-order valence-electron chi connectivity index (χ0n) is 10.8. The first-order valence-electron chi connectivity index (χ1n) is 5.99. The second-order valence-corrected chi connectivity index (χ2v) is 5.91. The van der Waals surface area contributed by atoms with E-state index in [9.17, 15) is 4.79 Å². The Bertz CT molecular complexity index is 631. The van der Waals surface area contributed by atoms with Crippen LogP contribution in [0.3, 0.4) is 0 Å². The van der Waals surface area contributed by atoms with Crippen LogP contribution in [-0.4, -0.2) is 12.5 Å². The van der Waals surface area contributed by atoms with Gasteiger partial charge in [-0.05, 0) is 71.5 Å². The van der Waals surface area contributed by atoms with Crippen LogP contribution >= 0.6 is 34.2 Å². The number of amides is 1. The summed E-state index contributed by atoms with van der Waals surface area (Å²) >= 11 is 8.12. The summed E-state index contributed by atoms with van der Waals surface area (Å²) in [5.74, 6) is 0.435. The van der Waals surface area contributed by atoms with Gasteiger partial charge in [-0.1, -0.05) is 17.7 Å². The fourth-order valence-corrected chi connectivity index (χ4v) is 2.28. The van der Waals surface area contributed by atoms with E-state index in [-0.39, 0.29) is 12.5 Å². The molecule has 2 rings (SSSR count). The summed E-state index contributed by atoms with van der Waals surface area (Å²) in [5, 5.41) is 3.47. The van der Waals surface area contributed by atoms with Crippen molar-refractivity contribution in [2.45, 2.75) is 6.92 Å². The Morgan fingerprint density at radius 1 is 1.30 bits per heavy atom. The van der Waals surface area contributed by atoms with Crippen LogP contribution in [0.15, 0.2) is 42.5 Å². The first-order chi connectivity index (χ1) is 9.54. The summed E-state index contributed by atoms with van der Waals surface area (Å²) < 4.78 is 6.50. The summed E-state index contributed by atoms with van der Waals surface area (Å²) in [7, 11) is 0. The molecule has 5 heteroatoms. The lowest BCUT2D eigenvalue weighted by Gasteiger charge is -2.08. The van der Waals surface area contributed by atoms with E-state index in [0.29, 0.717) is 10.8 Å². The summed E-state index contributed by atoms with van der Waals surface area (Å²) in [6, 6.07) is 12.9. The van der Waals surface area contributed by atoms with Gasteiger partial charge >= 0.3 is 0 Å². The number of halogens is 2. The molecule has 1 amide bonds. The van der Waals surface area contributed by atoms with E-state index in [2.05, 4.69) is 27.9 Å². The normalized spacial score (nSPS) is 10.2. The van der Waals surface area contributed by atoms with Crippen molar-refractivity contribution in [2.24, 2.45) is 0 Å². The average molecular weight is 402 g/mol. The summed E-state index contributed by atoms with van der Waals surface area (Å²) in [4.78, 5) is 11.8. The number of rotatable bonds is 4. The van der Waals surface area contributed by atoms with E-state index < -0.39 is 0 Å². The molecule has 0 aromatic heterocycles. The summed E-state index contributed by atoms with van der Waals surface area (Å²) in [6.07, 6.45) is 0. The van der Waals surface area contributed by atoms with Crippen LogP contribution in [0.1, 0.15) is 5.56 Å². The molecule has 0 aliphatic heterocycles. The predicted molar refractivity (Wildman–Crippen MR) is 89.5 cm³/mol. The molecule has 0 saturated heterocycles. The Balaban J connectivity index is 1.90. The molecule has 104 valence electrons. The van der Waals surface area contributed by atoms with Gasteiger partial charge in [0.1, 0.15) is 5.75 Å². The number of hydrogen-bond acceptors (Lipinski definition) is 2. The molecular formula is C15H13ClINO2. The zero-order valence-corrected chi connectivity index (χ0v) is 13.7. The lowest BCUT2D eigenvalue weighted by Crippen LogP contribution is -2.20. The first kappa shape index (κ1) is 15.1. The molecule has 0 fully saturated rings. The number of benzene rings is 2. The Morgan fingerprint density at radius 3 is 2.80 bits per heavy atom. The molecule has 0 spiro atoms. The molecule has 3 nitrogen and oxygen atoms in total. The van der Waals surface area contributed by atoms with E-state index in [0.717, 1.165) is 14.8 Å². The molecule has 0 radical (unpaired) electrons. The van der Waals surface area contributed by atoms with Gasteiger partial charge < -0.3 is 10.1 Å². The van der Waals surface area contributed by atoms with Crippen molar-refractivity contribution in [1.82, 2.24) is 0 Å². The van der Waals surface area contributed by atoms with Crippen molar-refractivity contribution in [3.8, 4) is 5.75 Å². The van der Waals surface area contributed by atoms with Crippen molar-refractivity contribution in [2.75, 3.05) is 11.9 Å².